The van der Waals surface area contributed by atoms with E-state index in [1.165, 1.54) is 6.08 Å². The quantitative estimate of drug-likeness (QED) is 0.356. The third-order valence-corrected chi connectivity index (χ3v) is 1.65. The van der Waals surface area contributed by atoms with Crippen LogP contribution in [-0.2, 0) is 14.3 Å². The second-order valence-electron chi connectivity index (χ2n) is 2.91. The first kappa shape index (κ1) is 14.1. The number of ether oxygens (including phenoxy) is 2. The van der Waals surface area contributed by atoms with E-state index >= 15 is 0 Å². The second-order valence-corrected chi connectivity index (χ2v) is 2.91. The van der Waals surface area contributed by atoms with Gasteiger partial charge in [0.15, 0.2) is 0 Å². The molecule has 0 fully saturated rings. The van der Waals surface area contributed by atoms with Gasteiger partial charge in [0.1, 0.15) is 0 Å². The Labute approximate surface area is 91.6 Å². The summed E-state index contributed by atoms with van der Waals surface area (Å²) in [5, 5.41) is 3.17. The molecule has 15 heavy (non-hydrogen) atoms. The smallest absolute Gasteiger partial charge is 0.330 e. The van der Waals surface area contributed by atoms with Crippen LogP contribution in [0, 0.1) is 0 Å². The fourth-order valence-electron chi connectivity index (χ4n) is 0.974. The SMILES string of the molecule is CCOCCCNC/C=C/C(=O)OCC. The molecule has 0 bridgehead atoms. The molecule has 0 atom stereocenters. The maximum atomic E-state index is 10.9. The van der Waals surface area contributed by atoms with Crippen molar-refractivity contribution < 1.29 is 14.3 Å². The van der Waals surface area contributed by atoms with E-state index in [9.17, 15) is 4.79 Å². The van der Waals surface area contributed by atoms with Gasteiger partial charge in [-0.15, -0.1) is 0 Å². The van der Waals surface area contributed by atoms with Crippen LogP contribution in [0.15, 0.2) is 12.2 Å². The zero-order chi connectivity index (χ0) is 11.4. The molecule has 0 rings (SSSR count). The maximum absolute atomic E-state index is 10.9. The largest absolute Gasteiger partial charge is 0.463 e. The van der Waals surface area contributed by atoms with Crippen molar-refractivity contribution in [3.8, 4) is 0 Å². The molecule has 4 nitrogen and oxygen atoms in total. The minimum absolute atomic E-state index is 0.284. The molecule has 0 aromatic heterocycles. The van der Waals surface area contributed by atoms with E-state index in [0.29, 0.717) is 13.2 Å². The number of nitrogens with one attached hydrogen (secondary N) is 1. The van der Waals surface area contributed by atoms with E-state index in [2.05, 4.69) is 5.32 Å². The molecule has 0 heterocycles. The molecule has 0 saturated carbocycles. The lowest BCUT2D eigenvalue weighted by Crippen LogP contribution is -2.17. The first-order valence-electron chi connectivity index (χ1n) is 5.43. The monoisotopic (exact) mass is 215 g/mol. The van der Waals surface area contributed by atoms with Crippen molar-refractivity contribution >= 4 is 5.97 Å². The number of hydrogen-bond acceptors (Lipinski definition) is 4. The molecule has 0 aliphatic carbocycles. The highest BCUT2D eigenvalue weighted by molar-refractivity contribution is 5.81. The molecule has 0 spiro atoms. The molecular weight excluding hydrogens is 194 g/mol. The van der Waals surface area contributed by atoms with Crippen LogP contribution in [0.3, 0.4) is 0 Å². The molecular formula is C11H21NO3. The van der Waals surface area contributed by atoms with Gasteiger partial charge in [0.05, 0.1) is 6.61 Å². The van der Waals surface area contributed by atoms with Gasteiger partial charge in [-0.2, -0.15) is 0 Å². The van der Waals surface area contributed by atoms with Crippen LogP contribution >= 0.6 is 0 Å². The van der Waals surface area contributed by atoms with E-state index in [1.54, 1.807) is 13.0 Å². The predicted octanol–water partition coefficient (Wildman–Crippen LogP) is 1.12. The molecule has 0 aromatic rings. The van der Waals surface area contributed by atoms with Gasteiger partial charge in [-0.05, 0) is 26.8 Å². The van der Waals surface area contributed by atoms with E-state index in [4.69, 9.17) is 9.47 Å². The summed E-state index contributed by atoms with van der Waals surface area (Å²) in [7, 11) is 0. The summed E-state index contributed by atoms with van der Waals surface area (Å²) in [6, 6.07) is 0. The zero-order valence-corrected chi connectivity index (χ0v) is 9.62. The summed E-state index contributed by atoms with van der Waals surface area (Å²) in [5.74, 6) is -0.284. The number of esters is 1. The minimum Gasteiger partial charge on any atom is -0.463 e. The summed E-state index contributed by atoms with van der Waals surface area (Å²) in [4.78, 5) is 10.9. The average molecular weight is 215 g/mol. The van der Waals surface area contributed by atoms with Crippen LogP contribution in [0.1, 0.15) is 20.3 Å². The molecule has 0 saturated heterocycles. The number of carbonyl (C=O) groups is 1. The van der Waals surface area contributed by atoms with Crippen molar-refractivity contribution in [2.75, 3.05) is 32.9 Å². The summed E-state index contributed by atoms with van der Waals surface area (Å²) in [5.41, 5.74) is 0. The van der Waals surface area contributed by atoms with Gasteiger partial charge in [-0.3, -0.25) is 0 Å². The Hall–Kier alpha value is -0.870. The Morgan fingerprint density at radius 2 is 2.13 bits per heavy atom. The Morgan fingerprint density at radius 3 is 2.80 bits per heavy atom. The maximum Gasteiger partial charge on any atom is 0.330 e. The lowest BCUT2D eigenvalue weighted by Gasteiger charge is -2.01. The average Bonchev–Trinajstić information content (AvgIpc) is 2.22. The van der Waals surface area contributed by atoms with Crippen LogP contribution in [0.5, 0.6) is 0 Å². The molecule has 0 amide bonds. The highest BCUT2D eigenvalue weighted by Gasteiger charge is 1.91. The van der Waals surface area contributed by atoms with Gasteiger partial charge in [0.2, 0.25) is 0 Å². The van der Waals surface area contributed by atoms with Gasteiger partial charge < -0.3 is 14.8 Å². The second kappa shape index (κ2) is 11.2. The molecule has 88 valence electrons. The molecule has 0 aromatic carbocycles. The van der Waals surface area contributed by atoms with Crippen LogP contribution in [0.25, 0.3) is 0 Å². The molecule has 0 aliphatic heterocycles. The van der Waals surface area contributed by atoms with Crippen LogP contribution in [-0.4, -0.2) is 38.9 Å². The molecule has 4 heteroatoms. The first-order chi connectivity index (χ1) is 7.31. The Bertz CT molecular complexity index is 181. The van der Waals surface area contributed by atoms with Crippen molar-refractivity contribution in [2.45, 2.75) is 20.3 Å². The van der Waals surface area contributed by atoms with Crippen molar-refractivity contribution in [3.63, 3.8) is 0 Å². The lowest BCUT2D eigenvalue weighted by molar-refractivity contribution is -0.137. The van der Waals surface area contributed by atoms with Gasteiger partial charge in [-0.25, -0.2) is 4.79 Å². The van der Waals surface area contributed by atoms with Crippen molar-refractivity contribution in [2.24, 2.45) is 0 Å². The fraction of sp³-hybridized carbons (Fsp3) is 0.727. The van der Waals surface area contributed by atoms with Crippen molar-refractivity contribution in [1.82, 2.24) is 5.32 Å². The molecule has 0 aliphatic rings. The highest BCUT2D eigenvalue weighted by atomic mass is 16.5. The van der Waals surface area contributed by atoms with Crippen LogP contribution in [0.2, 0.25) is 0 Å². The topological polar surface area (TPSA) is 47.6 Å². The highest BCUT2D eigenvalue weighted by Crippen LogP contribution is 1.82. The van der Waals surface area contributed by atoms with E-state index < -0.39 is 0 Å². The number of hydrogen-bond donors (Lipinski definition) is 1. The first-order valence-corrected chi connectivity index (χ1v) is 5.43. The summed E-state index contributed by atoms with van der Waals surface area (Å²) in [6.07, 6.45) is 4.19. The third-order valence-electron chi connectivity index (χ3n) is 1.65. The zero-order valence-electron chi connectivity index (χ0n) is 9.62. The van der Waals surface area contributed by atoms with Gasteiger partial charge in [0.25, 0.3) is 0 Å². The van der Waals surface area contributed by atoms with Crippen LogP contribution in [0.4, 0.5) is 0 Å². The number of rotatable bonds is 9. The third kappa shape index (κ3) is 11.1. The normalized spacial score (nSPS) is 10.8. The lowest BCUT2D eigenvalue weighted by atomic mass is 10.4. The molecule has 1 N–H and O–H groups in total. The van der Waals surface area contributed by atoms with Gasteiger partial charge >= 0.3 is 5.97 Å². The summed E-state index contributed by atoms with van der Waals surface area (Å²) < 4.78 is 9.91. The summed E-state index contributed by atoms with van der Waals surface area (Å²) >= 11 is 0. The molecule has 0 unspecified atom stereocenters. The standard InChI is InChI=1S/C11H21NO3/c1-3-14-10-6-9-12-8-5-7-11(13)15-4-2/h5,7,12H,3-4,6,8-10H2,1-2H3/b7-5+. The predicted molar refractivity (Wildman–Crippen MR) is 59.8 cm³/mol. The van der Waals surface area contributed by atoms with Gasteiger partial charge in [0, 0.05) is 25.8 Å². The Kier molecular flexibility index (Phi) is 10.6. The van der Waals surface area contributed by atoms with Crippen LogP contribution < -0.4 is 5.32 Å². The van der Waals surface area contributed by atoms with E-state index in [1.807, 2.05) is 6.92 Å². The molecule has 0 radical (unpaired) electrons. The van der Waals surface area contributed by atoms with E-state index in [-0.39, 0.29) is 5.97 Å². The number of carbonyl (C=O) groups excluding carboxylic acids is 1. The van der Waals surface area contributed by atoms with Gasteiger partial charge in [-0.1, -0.05) is 6.08 Å². The van der Waals surface area contributed by atoms with Crippen molar-refractivity contribution in [1.29, 1.82) is 0 Å². The van der Waals surface area contributed by atoms with E-state index in [0.717, 1.165) is 26.2 Å². The minimum atomic E-state index is -0.284. The fourth-order valence-corrected chi connectivity index (χ4v) is 0.974. The Balaban J connectivity index is 3.19. The summed E-state index contributed by atoms with van der Waals surface area (Å²) in [6.45, 7) is 7.32. The Morgan fingerprint density at radius 1 is 1.33 bits per heavy atom. The van der Waals surface area contributed by atoms with Crippen molar-refractivity contribution in [3.05, 3.63) is 12.2 Å².